The lowest BCUT2D eigenvalue weighted by molar-refractivity contribution is -0.122. The number of aliphatic imine (C=N–C) groups is 1. The Morgan fingerprint density at radius 3 is 2.40 bits per heavy atom. The van der Waals surface area contributed by atoms with Gasteiger partial charge in [-0.3, -0.25) is 9.79 Å². The summed E-state index contributed by atoms with van der Waals surface area (Å²) in [5, 5.41) is 9.46. The van der Waals surface area contributed by atoms with Gasteiger partial charge in [-0.15, -0.1) is 0 Å². The second-order valence-electron chi connectivity index (χ2n) is 7.42. The maximum atomic E-state index is 11.6. The highest BCUT2D eigenvalue weighted by Crippen LogP contribution is 2.28. The molecule has 1 amide bonds. The summed E-state index contributed by atoms with van der Waals surface area (Å²) in [5.74, 6) is 2.08. The van der Waals surface area contributed by atoms with E-state index in [1.54, 1.807) is 0 Å². The van der Waals surface area contributed by atoms with Crippen LogP contribution in [0.15, 0.2) is 59.6 Å². The van der Waals surface area contributed by atoms with E-state index >= 15 is 0 Å². The van der Waals surface area contributed by atoms with Crippen LogP contribution in [-0.4, -0.2) is 38.0 Å². The first kappa shape index (κ1) is 21.7. The molecule has 0 aromatic heterocycles. The quantitative estimate of drug-likeness (QED) is 0.304. The SMILES string of the molecule is CCNC(=NCCc1ccc(OCc2ccccc2)cc1)NCCNC(=O)C1CC1. The second kappa shape index (κ2) is 11.9. The Balaban J connectivity index is 1.37. The fraction of sp³-hybridized carbons (Fsp3) is 0.417. The van der Waals surface area contributed by atoms with Gasteiger partial charge in [0.25, 0.3) is 0 Å². The number of ether oxygens (including phenoxy) is 1. The molecule has 3 N–H and O–H groups in total. The number of nitrogens with one attached hydrogen (secondary N) is 3. The van der Waals surface area contributed by atoms with Crippen molar-refractivity contribution in [2.24, 2.45) is 10.9 Å². The Labute approximate surface area is 179 Å². The molecular formula is C24H32N4O2. The number of nitrogens with zero attached hydrogens (tertiary/aromatic N) is 1. The molecule has 0 bridgehead atoms. The van der Waals surface area contributed by atoms with Crippen molar-refractivity contribution in [3.8, 4) is 5.75 Å². The molecule has 6 nitrogen and oxygen atoms in total. The van der Waals surface area contributed by atoms with Crippen molar-refractivity contribution in [1.29, 1.82) is 0 Å². The zero-order valence-corrected chi connectivity index (χ0v) is 17.7. The molecule has 160 valence electrons. The second-order valence-corrected chi connectivity index (χ2v) is 7.42. The van der Waals surface area contributed by atoms with E-state index in [-0.39, 0.29) is 11.8 Å². The van der Waals surface area contributed by atoms with Gasteiger partial charge in [0.05, 0.1) is 0 Å². The van der Waals surface area contributed by atoms with E-state index in [1.165, 1.54) is 5.56 Å². The number of guanidine groups is 1. The molecule has 0 unspecified atom stereocenters. The van der Waals surface area contributed by atoms with Crippen LogP contribution in [-0.2, 0) is 17.8 Å². The van der Waals surface area contributed by atoms with E-state index in [9.17, 15) is 4.79 Å². The van der Waals surface area contributed by atoms with Crippen LogP contribution in [0.25, 0.3) is 0 Å². The molecule has 2 aromatic carbocycles. The lowest BCUT2D eigenvalue weighted by atomic mass is 10.1. The molecule has 0 radical (unpaired) electrons. The van der Waals surface area contributed by atoms with Crippen LogP contribution in [0.3, 0.4) is 0 Å². The van der Waals surface area contributed by atoms with Gasteiger partial charge in [-0.1, -0.05) is 42.5 Å². The first-order chi connectivity index (χ1) is 14.7. The Morgan fingerprint density at radius 1 is 0.967 bits per heavy atom. The molecule has 1 aliphatic rings. The molecule has 1 aliphatic carbocycles. The van der Waals surface area contributed by atoms with E-state index in [1.807, 2.05) is 37.3 Å². The van der Waals surface area contributed by atoms with Crippen molar-refractivity contribution in [3.05, 3.63) is 65.7 Å². The first-order valence-corrected chi connectivity index (χ1v) is 10.8. The minimum absolute atomic E-state index is 0.176. The van der Waals surface area contributed by atoms with Gasteiger partial charge in [0.2, 0.25) is 5.91 Å². The number of amides is 1. The largest absolute Gasteiger partial charge is 0.489 e. The maximum absolute atomic E-state index is 11.6. The van der Waals surface area contributed by atoms with Crippen molar-refractivity contribution in [2.45, 2.75) is 32.8 Å². The lowest BCUT2D eigenvalue weighted by Crippen LogP contribution is -2.41. The standard InChI is InChI=1S/C24H32N4O2/c1-2-25-24(28-17-16-26-23(29)21-10-11-21)27-15-14-19-8-12-22(13-9-19)30-18-20-6-4-3-5-7-20/h3-9,12-13,21H,2,10-11,14-18H2,1H3,(H,26,29)(H2,25,27,28). The normalized spacial score (nSPS) is 13.6. The van der Waals surface area contributed by atoms with Crippen LogP contribution in [0.5, 0.6) is 5.75 Å². The number of hydrogen-bond donors (Lipinski definition) is 3. The van der Waals surface area contributed by atoms with Gasteiger partial charge in [-0.05, 0) is 49.4 Å². The number of carbonyl (C=O) groups is 1. The fourth-order valence-electron chi connectivity index (χ4n) is 2.99. The summed E-state index contributed by atoms with van der Waals surface area (Å²) < 4.78 is 5.83. The summed E-state index contributed by atoms with van der Waals surface area (Å²) >= 11 is 0. The van der Waals surface area contributed by atoms with Crippen LogP contribution in [0.2, 0.25) is 0 Å². The van der Waals surface area contributed by atoms with E-state index < -0.39 is 0 Å². The monoisotopic (exact) mass is 408 g/mol. The third-order valence-electron chi connectivity index (χ3n) is 4.85. The van der Waals surface area contributed by atoms with Crippen LogP contribution < -0.4 is 20.7 Å². The summed E-state index contributed by atoms with van der Waals surface area (Å²) in [7, 11) is 0. The molecule has 1 fully saturated rings. The molecule has 6 heteroatoms. The van der Waals surface area contributed by atoms with Gasteiger partial charge >= 0.3 is 0 Å². The average Bonchev–Trinajstić information content (AvgIpc) is 3.62. The summed E-state index contributed by atoms with van der Waals surface area (Å²) in [5.41, 5.74) is 2.38. The summed E-state index contributed by atoms with van der Waals surface area (Å²) in [6.07, 6.45) is 2.92. The number of hydrogen-bond acceptors (Lipinski definition) is 3. The topological polar surface area (TPSA) is 74.8 Å². The van der Waals surface area contributed by atoms with Crippen LogP contribution >= 0.6 is 0 Å². The third-order valence-corrected chi connectivity index (χ3v) is 4.85. The van der Waals surface area contributed by atoms with Crippen LogP contribution in [0.4, 0.5) is 0 Å². The molecule has 0 spiro atoms. The Bertz CT molecular complexity index is 802. The fourth-order valence-corrected chi connectivity index (χ4v) is 2.99. The Hall–Kier alpha value is -3.02. The van der Waals surface area contributed by atoms with E-state index in [0.717, 1.165) is 43.1 Å². The van der Waals surface area contributed by atoms with Crippen LogP contribution in [0.1, 0.15) is 30.9 Å². The molecule has 30 heavy (non-hydrogen) atoms. The van der Waals surface area contributed by atoms with Gasteiger partial charge in [0.1, 0.15) is 12.4 Å². The predicted octanol–water partition coefficient (Wildman–Crippen LogP) is 2.89. The average molecular weight is 409 g/mol. The molecule has 1 saturated carbocycles. The molecule has 3 rings (SSSR count). The molecule has 0 heterocycles. The number of rotatable bonds is 11. The highest BCUT2D eigenvalue weighted by Gasteiger charge is 2.28. The molecule has 2 aromatic rings. The molecule has 0 saturated heterocycles. The summed E-state index contributed by atoms with van der Waals surface area (Å²) in [6.45, 7) is 5.38. The highest BCUT2D eigenvalue weighted by molar-refractivity contribution is 5.81. The van der Waals surface area contributed by atoms with Crippen molar-refractivity contribution in [1.82, 2.24) is 16.0 Å². The Morgan fingerprint density at radius 2 is 1.70 bits per heavy atom. The third kappa shape index (κ3) is 7.78. The zero-order valence-electron chi connectivity index (χ0n) is 17.7. The smallest absolute Gasteiger partial charge is 0.223 e. The molecule has 0 atom stereocenters. The number of carbonyl (C=O) groups excluding carboxylic acids is 1. The predicted molar refractivity (Wildman–Crippen MR) is 121 cm³/mol. The van der Waals surface area contributed by atoms with E-state index in [0.29, 0.717) is 26.2 Å². The van der Waals surface area contributed by atoms with Crippen molar-refractivity contribution in [2.75, 3.05) is 26.2 Å². The maximum Gasteiger partial charge on any atom is 0.223 e. The van der Waals surface area contributed by atoms with E-state index in [2.05, 4.69) is 45.2 Å². The van der Waals surface area contributed by atoms with Gasteiger partial charge in [-0.2, -0.15) is 0 Å². The van der Waals surface area contributed by atoms with Crippen molar-refractivity contribution in [3.63, 3.8) is 0 Å². The van der Waals surface area contributed by atoms with Crippen LogP contribution in [0, 0.1) is 5.92 Å². The number of benzene rings is 2. The van der Waals surface area contributed by atoms with Gasteiger partial charge < -0.3 is 20.7 Å². The highest BCUT2D eigenvalue weighted by atomic mass is 16.5. The van der Waals surface area contributed by atoms with Gasteiger partial charge in [0.15, 0.2) is 5.96 Å². The van der Waals surface area contributed by atoms with Crippen molar-refractivity contribution < 1.29 is 9.53 Å². The minimum Gasteiger partial charge on any atom is -0.489 e. The lowest BCUT2D eigenvalue weighted by Gasteiger charge is -2.12. The van der Waals surface area contributed by atoms with Gasteiger partial charge in [-0.25, -0.2) is 0 Å². The summed E-state index contributed by atoms with van der Waals surface area (Å²) in [6, 6.07) is 18.3. The summed E-state index contributed by atoms with van der Waals surface area (Å²) in [4.78, 5) is 16.3. The molecular weight excluding hydrogens is 376 g/mol. The first-order valence-electron chi connectivity index (χ1n) is 10.8. The molecule has 0 aliphatic heterocycles. The zero-order chi connectivity index (χ0) is 21.0. The van der Waals surface area contributed by atoms with E-state index in [4.69, 9.17) is 4.74 Å². The Kier molecular flexibility index (Phi) is 8.57. The van der Waals surface area contributed by atoms with Gasteiger partial charge in [0, 0.05) is 32.1 Å². The van der Waals surface area contributed by atoms with Crippen molar-refractivity contribution >= 4 is 11.9 Å². The minimum atomic E-state index is 0.176.